The average Bonchev–Trinajstić information content (AvgIpc) is 3.14. The summed E-state index contributed by atoms with van der Waals surface area (Å²) in [6.45, 7) is 3.71. The fraction of sp³-hybridized carbons (Fsp3) is 0.333. The molecule has 0 saturated heterocycles. The molecule has 1 aliphatic heterocycles. The molecule has 0 amide bonds. The van der Waals surface area contributed by atoms with E-state index in [2.05, 4.69) is 0 Å². The SMILES string of the molecule is CCCc1cc(C(C)=O)ccc1OC(C(=O)OC)c1ccc2c(c1)OCO2. The van der Waals surface area contributed by atoms with Crippen LogP contribution in [-0.2, 0) is 16.0 Å². The Morgan fingerprint density at radius 2 is 1.89 bits per heavy atom. The number of carbonyl (C=O) groups excluding carboxylic acids is 2. The van der Waals surface area contributed by atoms with Crippen LogP contribution in [0.15, 0.2) is 36.4 Å². The van der Waals surface area contributed by atoms with Gasteiger partial charge in [-0.2, -0.15) is 0 Å². The lowest BCUT2D eigenvalue weighted by molar-refractivity contribution is -0.149. The highest BCUT2D eigenvalue weighted by Crippen LogP contribution is 2.36. The van der Waals surface area contributed by atoms with E-state index in [0.717, 1.165) is 18.4 Å². The van der Waals surface area contributed by atoms with Crippen LogP contribution in [0.2, 0.25) is 0 Å². The van der Waals surface area contributed by atoms with Gasteiger partial charge in [0.1, 0.15) is 5.75 Å². The van der Waals surface area contributed by atoms with E-state index in [-0.39, 0.29) is 12.6 Å². The molecule has 0 aromatic heterocycles. The summed E-state index contributed by atoms with van der Waals surface area (Å²) in [5, 5.41) is 0. The van der Waals surface area contributed by atoms with Crippen molar-refractivity contribution in [2.45, 2.75) is 32.8 Å². The number of Topliss-reactive ketones (excluding diaryl/α,β-unsaturated/α-hetero) is 1. The van der Waals surface area contributed by atoms with Gasteiger partial charge in [-0.15, -0.1) is 0 Å². The van der Waals surface area contributed by atoms with E-state index in [4.69, 9.17) is 18.9 Å². The molecule has 0 bridgehead atoms. The van der Waals surface area contributed by atoms with E-state index < -0.39 is 12.1 Å². The number of hydrogen-bond donors (Lipinski definition) is 0. The van der Waals surface area contributed by atoms with Gasteiger partial charge in [-0.1, -0.05) is 19.4 Å². The summed E-state index contributed by atoms with van der Waals surface area (Å²) in [5.74, 6) is 1.20. The number of ether oxygens (including phenoxy) is 4. The molecule has 0 N–H and O–H groups in total. The van der Waals surface area contributed by atoms with E-state index in [1.165, 1.54) is 14.0 Å². The smallest absolute Gasteiger partial charge is 0.351 e. The molecule has 2 aromatic rings. The van der Waals surface area contributed by atoms with Crippen molar-refractivity contribution in [1.82, 2.24) is 0 Å². The molecule has 0 spiro atoms. The lowest BCUT2D eigenvalue weighted by Crippen LogP contribution is -2.21. The Bertz CT molecular complexity index is 858. The second-order valence-corrected chi connectivity index (χ2v) is 6.26. The molecular weight excluding hydrogens is 348 g/mol. The number of fused-ring (bicyclic) bond motifs is 1. The minimum absolute atomic E-state index is 0.0146. The molecule has 0 aliphatic carbocycles. The number of benzene rings is 2. The number of carbonyl (C=O) groups is 2. The predicted octanol–water partition coefficient (Wildman–Crippen LogP) is 3.86. The zero-order valence-electron chi connectivity index (χ0n) is 15.6. The number of methoxy groups -OCH3 is 1. The zero-order chi connectivity index (χ0) is 19.4. The largest absolute Gasteiger partial charge is 0.474 e. The summed E-state index contributed by atoms with van der Waals surface area (Å²) in [5.41, 5.74) is 2.09. The Morgan fingerprint density at radius 3 is 2.59 bits per heavy atom. The summed E-state index contributed by atoms with van der Waals surface area (Å²) in [6.07, 6.45) is 0.652. The lowest BCUT2D eigenvalue weighted by atomic mass is 10.0. The van der Waals surface area contributed by atoms with Crippen LogP contribution in [0.1, 0.15) is 47.9 Å². The summed E-state index contributed by atoms with van der Waals surface area (Å²) in [4.78, 5) is 24.1. The van der Waals surface area contributed by atoms with Gasteiger partial charge in [-0.3, -0.25) is 4.79 Å². The summed E-state index contributed by atoms with van der Waals surface area (Å²) < 4.78 is 21.7. The summed E-state index contributed by atoms with van der Waals surface area (Å²) >= 11 is 0. The van der Waals surface area contributed by atoms with E-state index in [1.807, 2.05) is 13.0 Å². The van der Waals surface area contributed by atoms with E-state index >= 15 is 0 Å². The molecule has 142 valence electrons. The standard InChI is InChI=1S/C21H22O6/c1-4-5-15-10-14(13(2)22)6-8-17(15)27-20(21(23)24-3)16-7-9-18-19(11-16)26-12-25-18/h6-11,20H,4-5,12H2,1-3H3. The molecule has 27 heavy (non-hydrogen) atoms. The van der Waals surface area contributed by atoms with Crippen molar-refractivity contribution in [3.63, 3.8) is 0 Å². The van der Waals surface area contributed by atoms with Crippen molar-refractivity contribution >= 4 is 11.8 Å². The number of rotatable bonds is 7. The van der Waals surface area contributed by atoms with E-state index in [9.17, 15) is 9.59 Å². The molecule has 0 fully saturated rings. The highest BCUT2D eigenvalue weighted by Gasteiger charge is 2.27. The van der Waals surface area contributed by atoms with Crippen molar-refractivity contribution in [3.8, 4) is 17.2 Å². The van der Waals surface area contributed by atoms with Crippen molar-refractivity contribution in [2.24, 2.45) is 0 Å². The Morgan fingerprint density at radius 1 is 1.11 bits per heavy atom. The zero-order valence-corrected chi connectivity index (χ0v) is 15.6. The van der Waals surface area contributed by atoms with Crippen LogP contribution in [0.3, 0.4) is 0 Å². The molecule has 0 radical (unpaired) electrons. The maximum absolute atomic E-state index is 12.4. The van der Waals surface area contributed by atoms with Crippen LogP contribution < -0.4 is 14.2 Å². The van der Waals surface area contributed by atoms with Gasteiger partial charge in [0.2, 0.25) is 12.9 Å². The molecule has 3 rings (SSSR count). The molecular formula is C21H22O6. The van der Waals surface area contributed by atoms with E-state index in [1.54, 1.807) is 30.3 Å². The fourth-order valence-electron chi connectivity index (χ4n) is 2.94. The van der Waals surface area contributed by atoms with Gasteiger partial charge in [0.05, 0.1) is 7.11 Å². The van der Waals surface area contributed by atoms with Crippen molar-refractivity contribution < 1.29 is 28.5 Å². The topological polar surface area (TPSA) is 71.1 Å². The minimum atomic E-state index is -0.955. The molecule has 2 aromatic carbocycles. The number of aryl methyl sites for hydroxylation is 1. The molecule has 6 nitrogen and oxygen atoms in total. The quantitative estimate of drug-likeness (QED) is 0.544. The minimum Gasteiger partial charge on any atom is -0.474 e. The molecule has 1 aliphatic rings. The third-order valence-corrected chi connectivity index (χ3v) is 4.35. The highest BCUT2D eigenvalue weighted by atomic mass is 16.7. The van der Waals surface area contributed by atoms with Crippen molar-refractivity contribution in [2.75, 3.05) is 13.9 Å². The van der Waals surface area contributed by atoms with Crippen LogP contribution in [0.25, 0.3) is 0 Å². The Hall–Kier alpha value is -3.02. The van der Waals surface area contributed by atoms with Crippen LogP contribution in [0.4, 0.5) is 0 Å². The summed E-state index contributed by atoms with van der Waals surface area (Å²) in [6, 6.07) is 10.4. The second-order valence-electron chi connectivity index (χ2n) is 6.26. The van der Waals surface area contributed by atoms with Gasteiger partial charge in [0.25, 0.3) is 0 Å². The van der Waals surface area contributed by atoms with Crippen molar-refractivity contribution in [3.05, 3.63) is 53.1 Å². The third kappa shape index (κ3) is 4.05. The van der Waals surface area contributed by atoms with Crippen LogP contribution in [0, 0.1) is 0 Å². The van der Waals surface area contributed by atoms with E-state index in [0.29, 0.717) is 28.4 Å². The first-order valence-electron chi connectivity index (χ1n) is 8.81. The summed E-state index contributed by atoms with van der Waals surface area (Å²) in [7, 11) is 1.32. The van der Waals surface area contributed by atoms with Gasteiger partial charge in [-0.25, -0.2) is 4.79 Å². The number of hydrogen-bond acceptors (Lipinski definition) is 6. The molecule has 6 heteroatoms. The monoisotopic (exact) mass is 370 g/mol. The first-order chi connectivity index (χ1) is 13.0. The fourth-order valence-corrected chi connectivity index (χ4v) is 2.94. The Kier molecular flexibility index (Phi) is 5.64. The normalized spacial score (nSPS) is 13.1. The Balaban J connectivity index is 1.95. The van der Waals surface area contributed by atoms with Gasteiger partial charge in [0.15, 0.2) is 17.3 Å². The van der Waals surface area contributed by atoms with Gasteiger partial charge < -0.3 is 18.9 Å². The van der Waals surface area contributed by atoms with Crippen molar-refractivity contribution in [1.29, 1.82) is 0 Å². The van der Waals surface area contributed by atoms with Crippen LogP contribution in [0.5, 0.6) is 17.2 Å². The molecule has 0 saturated carbocycles. The van der Waals surface area contributed by atoms with Gasteiger partial charge in [0, 0.05) is 11.1 Å². The third-order valence-electron chi connectivity index (χ3n) is 4.35. The molecule has 1 heterocycles. The first-order valence-corrected chi connectivity index (χ1v) is 8.81. The maximum Gasteiger partial charge on any atom is 0.351 e. The number of ketones is 1. The van der Waals surface area contributed by atoms with Crippen LogP contribution in [-0.4, -0.2) is 25.7 Å². The first kappa shape index (κ1) is 18.8. The number of esters is 1. The van der Waals surface area contributed by atoms with Gasteiger partial charge in [-0.05, 0) is 49.2 Å². The Labute approximate surface area is 158 Å². The lowest BCUT2D eigenvalue weighted by Gasteiger charge is -2.20. The average molecular weight is 370 g/mol. The maximum atomic E-state index is 12.4. The predicted molar refractivity (Wildman–Crippen MR) is 98.4 cm³/mol. The highest BCUT2D eigenvalue weighted by molar-refractivity contribution is 5.94. The second kappa shape index (κ2) is 8.12. The van der Waals surface area contributed by atoms with Gasteiger partial charge >= 0.3 is 5.97 Å². The molecule has 1 unspecified atom stereocenters. The van der Waals surface area contributed by atoms with Crippen LogP contribution >= 0.6 is 0 Å². The molecule has 1 atom stereocenters.